The molecule has 2 aliphatic rings. The van der Waals surface area contributed by atoms with E-state index in [4.69, 9.17) is 0 Å². The third-order valence-electron chi connectivity index (χ3n) is 3.07. The van der Waals surface area contributed by atoms with Crippen LogP contribution >= 0.6 is 11.8 Å². The average molecular weight is 263 g/mol. The maximum absolute atomic E-state index is 11.9. The topological polar surface area (TPSA) is 70.2 Å². The first-order valence-electron chi connectivity index (χ1n) is 5.83. The molecule has 1 aromatic rings. The standard InChI is InChI=1S/C12H13N3O2S/c16-11(10-6-18-12(17)15-10)14-8-1-2-9-7(5-8)3-4-13-9/h1-2,5,10,13H,3-4,6H2,(H,14,16)(H,15,17). The summed E-state index contributed by atoms with van der Waals surface area (Å²) in [5.74, 6) is 0.344. The molecule has 94 valence electrons. The monoisotopic (exact) mass is 263 g/mol. The molecule has 3 rings (SSSR count). The lowest BCUT2D eigenvalue weighted by molar-refractivity contribution is -0.117. The van der Waals surface area contributed by atoms with E-state index in [1.54, 1.807) is 0 Å². The van der Waals surface area contributed by atoms with Crippen molar-refractivity contribution in [3.05, 3.63) is 23.8 Å². The highest BCUT2D eigenvalue weighted by Crippen LogP contribution is 2.25. The molecule has 0 aromatic heterocycles. The summed E-state index contributed by atoms with van der Waals surface area (Å²) in [7, 11) is 0. The van der Waals surface area contributed by atoms with Gasteiger partial charge in [-0.3, -0.25) is 9.59 Å². The van der Waals surface area contributed by atoms with Gasteiger partial charge >= 0.3 is 0 Å². The largest absolute Gasteiger partial charge is 0.384 e. The molecule has 2 aliphatic heterocycles. The van der Waals surface area contributed by atoms with Crippen LogP contribution in [0.15, 0.2) is 18.2 Å². The van der Waals surface area contributed by atoms with Crippen molar-refractivity contribution in [3.8, 4) is 0 Å². The molecule has 5 nitrogen and oxygen atoms in total. The number of thioether (sulfide) groups is 1. The van der Waals surface area contributed by atoms with E-state index in [-0.39, 0.29) is 11.1 Å². The fourth-order valence-corrected chi connectivity index (χ4v) is 2.92. The van der Waals surface area contributed by atoms with Crippen LogP contribution in [0.4, 0.5) is 16.2 Å². The van der Waals surface area contributed by atoms with Crippen LogP contribution < -0.4 is 16.0 Å². The van der Waals surface area contributed by atoms with E-state index >= 15 is 0 Å². The summed E-state index contributed by atoms with van der Waals surface area (Å²) in [5, 5.41) is 8.60. The Morgan fingerprint density at radius 3 is 3.11 bits per heavy atom. The molecule has 1 saturated heterocycles. The Hall–Kier alpha value is -1.69. The van der Waals surface area contributed by atoms with Crippen molar-refractivity contribution < 1.29 is 9.59 Å². The molecule has 1 aromatic carbocycles. The number of benzene rings is 1. The second kappa shape index (κ2) is 4.53. The molecule has 0 saturated carbocycles. The molecule has 2 heterocycles. The van der Waals surface area contributed by atoms with Gasteiger partial charge in [-0.1, -0.05) is 11.8 Å². The van der Waals surface area contributed by atoms with Crippen LogP contribution in [-0.2, 0) is 11.2 Å². The summed E-state index contributed by atoms with van der Waals surface area (Å²) >= 11 is 1.14. The SMILES string of the molecule is O=C1NC(C(=O)Nc2ccc3c(c2)CCN3)CS1. The van der Waals surface area contributed by atoms with E-state index < -0.39 is 6.04 Å². The first-order valence-corrected chi connectivity index (χ1v) is 6.82. The zero-order valence-electron chi connectivity index (χ0n) is 9.66. The third kappa shape index (κ3) is 2.15. The van der Waals surface area contributed by atoms with Crippen LogP contribution in [-0.4, -0.2) is 29.5 Å². The molecule has 3 N–H and O–H groups in total. The van der Waals surface area contributed by atoms with E-state index in [1.165, 1.54) is 5.56 Å². The lowest BCUT2D eigenvalue weighted by Crippen LogP contribution is -2.38. The highest BCUT2D eigenvalue weighted by atomic mass is 32.2. The van der Waals surface area contributed by atoms with Crippen molar-refractivity contribution in [2.45, 2.75) is 12.5 Å². The number of rotatable bonds is 2. The van der Waals surface area contributed by atoms with Gasteiger partial charge in [-0.15, -0.1) is 0 Å². The minimum absolute atomic E-state index is 0.131. The molecule has 18 heavy (non-hydrogen) atoms. The van der Waals surface area contributed by atoms with Crippen LogP contribution in [0.5, 0.6) is 0 Å². The Kier molecular flexibility index (Phi) is 2.87. The number of amides is 2. The van der Waals surface area contributed by atoms with Crippen molar-refractivity contribution in [2.24, 2.45) is 0 Å². The lowest BCUT2D eigenvalue weighted by Gasteiger charge is -2.11. The fraction of sp³-hybridized carbons (Fsp3) is 0.333. The normalized spacial score (nSPS) is 21.1. The predicted octanol–water partition coefficient (Wildman–Crippen LogP) is 1.42. The molecule has 0 aliphatic carbocycles. The zero-order chi connectivity index (χ0) is 12.5. The Labute approximate surface area is 109 Å². The number of carbonyl (C=O) groups excluding carboxylic acids is 2. The molecule has 1 fully saturated rings. The molecule has 1 unspecified atom stereocenters. The summed E-state index contributed by atoms with van der Waals surface area (Å²) < 4.78 is 0. The summed E-state index contributed by atoms with van der Waals surface area (Å²) in [4.78, 5) is 22.9. The Morgan fingerprint density at radius 2 is 2.33 bits per heavy atom. The van der Waals surface area contributed by atoms with Gasteiger partial charge in [0.15, 0.2) is 0 Å². The molecule has 2 amide bonds. The van der Waals surface area contributed by atoms with Crippen molar-refractivity contribution in [2.75, 3.05) is 22.9 Å². The maximum Gasteiger partial charge on any atom is 0.279 e. The molecular formula is C12H13N3O2S. The van der Waals surface area contributed by atoms with Gasteiger partial charge in [-0.25, -0.2) is 0 Å². The van der Waals surface area contributed by atoms with E-state index in [0.29, 0.717) is 5.75 Å². The number of fused-ring (bicyclic) bond motifs is 1. The molecule has 0 spiro atoms. The van der Waals surface area contributed by atoms with Gasteiger partial charge in [-0.05, 0) is 30.2 Å². The number of carbonyl (C=O) groups is 2. The first-order chi connectivity index (χ1) is 8.72. The van der Waals surface area contributed by atoms with E-state index in [9.17, 15) is 9.59 Å². The number of anilines is 2. The van der Waals surface area contributed by atoms with Gasteiger partial charge in [0.25, 0.3) is 5.24 Å². The first kappa shape index (κ1) is 11.4. The van der Waals surface area contributed by atoms with Crippen molar-refractivity contribution in [1.82, 2.24) is 5.32 Å². The zero-order valence-corrected chi connectivity index (χ0v) is 10.5. The number of nitrogens with one attached hydrogen (secondary N) is 3. The molecule has 0 bridgehead atoms. The second-order valence-corrected chi connectivity index (χ2v) is 5.33. The summed E-state index contributed by atoms with van der Waals surface area (Å²) in [6, 6.07) is 5.41. The van der Waals surface area contributed by atoms with Gasteiger partial charge in [0.1, 0.15) is 6.04 Å². The van der Waals surface area contributed by atoms with Gasteiger partial charge in [0, 0.05) is 23.7 Å². The summed E-state index contributed by atoms with van der Waals surface area (Å²) in [6.45, 7) is 0.946. The number of hydrogen-bond acceptors (Lipinski definition) is 4. The van der Waals surface area contributed by atoms with Crippen LogP contribution in [0.2, 0.25) is 0 Å². The van der Waals surface area contributed by atoms with Gasteiger partial charge in [0.05, 0.1) is 0 Å². The second-order valence-electron chi connectivity index (χ2n) is 4.33. The Balaban J connectivity index is 1.69. The average Bonchev–Trinajstić information content (AvgIpc) is 2.96. The van der Waals surface area contributed by atoms with Gasteiger partial charge in [-0.2, -0.15) is 0 Å². The molecule has 6 heteroatoms. The fourth-order valence-electron chi connectivity index (χ4n) is 2.14. The quantitative estimate of drug-likeness (QED) is 0.754. The van der Waals surface area contributed by atoms with E-state index in [2.05, 4.69) is 16.0 Å². The minimum atomic E-state index is -0.422. The Bertz CT molecular complexity index is 518. The number of hydrogen-bond donors (Lipinski definition) is 3. The van der Waals surface area contributed by atoms with Crippen LogP contribution in [0, 0.1) is 0 Å². The van der Waals surface area contributed by atoms with Crippen molar-refractivity contribution >= 4 is 34.3 Å². The third-order valence-corrected chi connectivity index (χ3v) is 3.95. The summed E-state index contributed by atoms with van der Waals surface area (Å²) in [6.07, 6.45) is 0.981. The van der Waals surface area contributed by atoms with Crippen molar-refractivity contribution in [3.63, 3.8) is 0 Å². The highest BCUT2D eigenvalue weighted by Gasteiger charge is 2.28. The van der Waals surface area contributed by atoms with E-state index in [1.807, 2.05) is 18.2 Å². The smallest absolute Gasteiger partial charge is 0.279 e. The predicted molar refractivity (Wildman–Crippen MR) is 72.0 cm³/mol. The van der Waals surface area contributed by atoms with Gasteiger partial charge in [0.2, 0.25) is 5.91 Å². The van der Waals surface area contributed by atoms with Crippen LogP contribution in [0.3, 0.4) is 0 Å². The molecular weight excluding hydrogens is 250 g/mol. The molecule has 0 radical (unpaired) electrons. The lowest BCUT2D eigenvalue weighted by atomic mass is 10.1. The summed E-state index contributed by atoms with van der Waals surface area (Å²) in [5.41, 5.74) is 3.14. The van der Waals surface area contributed by atoms with Crippen LogP contribution in [0.1, 0.15) is 5.56 Å². The van der Waals surface area contributed by atoms with E-state index in [0.717, 1.165) is 36.1 Å². The molecule has 1 atom stereocenters. The maximum atomic E-state index is 11.9. The Morgan fingerprint density at radius 1 is 1.44 bits per heavy atom. The van der Waals surface area contributed by atoms with Crippen molar-refractivity contribution in [1.29, 1.82) is 0 Å². The highest BCUT2D eigenvalue weighted by molar-refractivity contribution is 8.14. The van der Waals surface area contributed by atoms with Crippen LogP contribution in [0.25, 0.3) is 0 Å². The minimum Gasteiger partial charge on any atom is -0.384 e. The van der Waals surface area contributed by atoms with Gasteiger partial charge < -0.3 is 16.0 Å².